The summed E-state index contributed by atoms with van der Waals surface area (Å²) in [6.45, 7) is 0.578. The Bertz CT molecular complexity index is 1000. The number of hydrogen-bond acceptors (Lipinski definition) is 3. The lowest BCUT2D eigenvalue weighted by atomic mass is 10.1. The number of aromatic amines is 1. The number of hydrogen-bond donors (Lipinski definition) is 1. The normalized spacial score (nSPS) is 11.0. The molecule has 2 heterocycles. The molecular formula is C18H14N4O. The van der Waals surface area contributed by atoms with Gasteiger partial charge in [0.25, 0.3) is 5.56 Å². The van der Waals surface area contributed by atoms with Crippen molar-refractivity contribution in [1.29, 1.82) is 0 Å². The summed E-state index contributed by atoms with van der Waals surface area (Å²) >= 11 is 0. The van der Waals surface area contributed by atoms with Crippen molar-refractivity contribution < 1.29 is 0 Å². The molecule has 4 rings (SSSR count). The molecule has 2 aromatic carbocycles. The van der Waals surface area contributed by atoms with Crippen molar-refractivity contribution in [3.63, 3.8) is 0 Å². The molecule has 0 amide bonds. The second-order valence-electron chi connectivity index (χ2n) is 5.34. The highest BCUT2D eigenvalue weighted by molar-refractivity contribution is 5.78. The number of rotatable bonds is 3. The third kappa shape index (κ3) is 2.53. The largest absolute Gasteiger partial charge is 0.320 e. The Morgan fingerprint density at radius 2 is 1.65 bits per heavy atom. The summed E-state index contributed by atoms with van der Waals surface area (Å²) in [4.78, 5) is 15.1. The number of pyridine rings is 1. The van der Waals surface area contributed by atoms with Gasteiger partial charge in [-0.1, -0.05) is 65.9 Å². The third-order valence-electron chi connectivity index (χ3n) is 3.78. The van der Waals surface area contributed by atoms with Crippen LogP contribution in [0.1, 0.15) is 5.56 Å². The molecule has 0 aliphatic carbocycles. The number of nitrogens with zero attached hydrogens (tertiary/aromatic N) is 3. The minimum absolute atomic E-state index is 0.222. The van der Waals surface area contributed by atoms with Gasteiger partial charge in [0.2, 0.25) is 0 Å². The second kappa shape index (κ2) is 5.53. The van der Waals surface area contributed by atoms with Crippen LogP contribution in [0.3, 0.4) is 0 Å². The fraction of sp³-hybridized carbons (Fsp3) is 0.0556. The first-order valence-corrected chi connectivity index (χ1v) is 7.37. The van der Waals surface area contributed by atoms with Crippen LogP contribution in [-0.2, 0) is 6.54 Å². The van der Waals surface area contributed by atoms with Gasteiger partial charge >= 0.3 is 0 Å². The van der Waals surface area contributed by atoms with Gasteiger partial charge in [-0.25, -0.2) is 4.68 Å². The van der Waals surface area contributed by atoms with E-state index in [1.54, 1.807) is 4.68 Å². The van der Waals surface area contributed by atoms with Crippen molar-refractivity contribution in [2.45, 2.75) is 6.54 Å². The average Bonchev–Trinajstić information content (AvgIpc) is 3.00. The van der Waals surface area contributed by atoms with Crippen LogP contribution in [0, 0.1) is 0 Å². The summed E-state index contributed by atoms with van der Waals surface area (Å²) in [5.74, 6) is 0. The Kier molecular flexibility index (Phi) is 3.24. The molecule has 0 bridgehead atoms. The van der Waals surface area contributed by atoms with Gasteiger partial charge in [-0.15, -0.1) is 5.10 Å². The van der Waals surface area contributed by atoms with Crippen molar-refractivity contribution in [1.82, 2.24) is 20.0 Å². The summed E-state index contributed by atoms with van der Waals surface area (Å²) in [5, 5.41) is 8.15. The van der Waals surface area contributed by atoms with Gasteiger partial charge in [-0.3, -0.25) is 4.79 Å². The molecule has 5 heteroatoms. The van der Waals surface area contributed by atoms with E-state index in [2.05, 4.69) is 15.3 Å². The number of H-pyrrole nitrogens is 1. The molecule has 0 spiro atoms. The predicted octanol–water partition coefficient (Wildman–Crippen LogP) is 2.83. The molecule has 2 aromatic heterocycles. The number of benzene rings is 2. The van der Waals surface area contributed by atoms with Gasteiger partial charge in [0.1, 0.15) is 0 Å². The summed E-state index contributed by atoms with van der Waals surface area (Å²) in [6.07, 6.45) is 0. The van der Waals surface area contributed by atoms with Crippen LogP contribution in [0.5, 0.6) is 0 Å². The summed E-state index contributed by atoms with van der Waals surface area (Å²) in [7, 11) is 0. The molecule has 23 heavy (non-hydrogen) atoms. The molecule has 0 aliphatic heterocycles. The van der Waals surface area contributed by atoms with Crippen LogP contribution >= 0.6 is 0 Å². The second-order valence-corrected chi connectivity index (χ2v) is 5.34. The Morgan fingerprint density at radius 3 is 2.39 bits per heavy atom. The van der Waals surface area contributed by atoms with E-state index in [1.807, 2.05) is 66.7 Å². The van der Waals surface area contributed by atoms with Crippen LogP contribution in [0.2, 0.25) is 0 Å². The SMILES string of the molecule is O=c1[nH]c(-c2ccccc2)cc2c1nnn2Cc1ccccc1. The van der Waals surface area contributed by atoms with Crippen molar-refractivity contribution >= 4 is 11.0 Å². The minimum atomic E-state index is -0.222. The third-order valence-corrected chi connectivity index (χ3v) is 3.78. The van der Waals surface area contributed by atoms with E-state index >= 15 is 0 Å². The lowest BCUT2D eigenvalue weighted by Gasteiger charge is -2.04. The maximum atomic E-state index is 12.3. The standard InChI is InChI=1S/C18H14N4O/c23-18-17-16(11-15(19-18)14-9-5-2-6-10-14)22(21-20-17)12-13-7-3-1-4-8-13/h1-11H,12H2,(H,19,23). The monoisotopic (exact) mass is 302 g/mol. The smallest absolute Gasteiger partial charge is 0.278 e. The zero-order chi connectivity index (χ0) is 15.6. The Balaban J connectivity index is 1.84. The predicted molar refractivity (Wildman–Crippen MR) is 89.1 cm³/mol. The number of fused-ring (bicyclic) bond motifs is 1. The van der Waals surface area contributed by atoms with Crippen molar-refractivity contribution in [2.75, 3.05) is 0 Å². The highest BCUT2D eigenvalue weighted by Crippen LogP contribution is 2.19. The summed E-state index contributed by atoms with van der Waals surface area (Å²) in [5.41, 5.74) is 3.71. The molecule has 0 fully saturated rings. The van der Waals surface area contributed by atoms with Crippen LogP contribution < -0.4 is 5.56 Å². The molecule has 0 saturated carbocycles. The molecule has 0 unspecified atom stereocenters. The first kappa shape index (κ1) is 13.5. The molecular weight excluding hydrogens is 288 g/mol. The highest BCUT2D eigenvalue weighted by atomic mass is 16.1. The first-order valence-electron chi connectivity index (χ1n) is 7.37. The molecule has 0 atom stereocenters. The van der Waals surface area contributed by atoms with Crippen LogP contribution in [0.4, 0.5) is 0 Å². The zero-order valence-electron chi connectivity index (χ0n) is 12.3. The van der Waals surface area contributed by atoms with E-state index < -0.39 is 0 Å². The van der Waals surface area contributed by atoms with E-state index in [4.69, 9.17) is 0 Å². The van der Waals surface area contributed by atoms with Crippen molar-refractivity contribution in [3.8, 4) is 11.3 Å². The van der Waals surface area contributed by atoms with E-state index in [0.29, 0.717) is 12.1 Å². The Labute approximate surface area is 132 Å². The molecule has 4 aromatic rings. The van der Waals surface area contributed by atoms with Gasteiger partial charge in [-0.2, -0.15) is 0 Å². The van der Waals surface area contributed by atoms with Crippen LogP contribution in [0.15, 0.2) is 71.5 Å². The van der Waals surface area contributed by atoms with Crippen molar-refractivity contribution in [2.24, 2.45) is 0 Å². The quantitative estimate of drug-likeness (QED) is 0.633. The fourth-order valence-corrected chi connectivity index (χ4v) is 2.63. The molecule has 5 nitrogen and oxygen atoms in total. The summed E-state index contributed by atoms with van der Waals surface area (Å²) < 4.78 is 1.76. The average molecular weight is 302 g/mol. The highest BCUT2D eigenvalue weighted by Gasteiger charge is 2.11. The molecule has 112 valence electrons. The Morgan fingerprint density at radius 1 is 0.957 bits per heavy atom. The van der Waals surface area contributed by atoms with Gasteiger partial charge in [-0.05, 0) is 17.2 Å². The van der Waals surface area contributed by atoms with E-state index in [-0.39, 0.29) is 5.56 Å². The Hall–Kier alpha value is -3.21. The van der Waals surface area contributed by atoms with Crippen LogP contribution in [0.25, 0.3) is 22.3 Å². The molecule has 0 radical (unpaired) electrons. The summed E-state index contributed by atoms with van der Waals surface area (Å²) in [6, 6.07) is 21.7. The van der Waals surface area contributed by atoms with Gasteiger partial charge in [0.15, 0.2) is 5.52 Å². The van der Waals surface area contributed by atoms with Gasteiger partial charge in [0.05, 0.1) is 17.8 Å². The lowest BCUT2D eigenvalue weighted by Crippen LogP contribution is -2.08. The zero-order valence-corrected chi connectivity index (χ0v) is 12.3. The fourth-order valence-electron chi connectivity index (χ4n) is 2.63. The number of aromatic nitrogens is 4. The van der Waals surface area contributed by atoms with Gasteiger partial charge < -0.3 is 4.98 Å². The maximum Gasteiger partial charge on any atom is 0.278 e. The van der Waals surface area contributed by atoms with E-state index in [0.717, 1.165) is 22.3 Å². The van der Waals surface area contributed by atoms with Crippen molar-refractivity contribution in [3.05, 3.63) is 82.6 Å². The van der Waals surface area contributed by atoms with E-state index in [1.165, 1.54) is 0 Å². The van der Waals surface area contributed by atoms with Gasteiger partial charge in [0, 0.05) is 0 Å². The molecule has 0 saturated heterocycles. The minimum Gasteiger partial charge on any atom is -0.320 e. The lowest BCUT2D eigenvalue weighted by molar-refractivity contribution is 0.670. The first-order chi connectivity index (χ1) is 11.3. The van der Waals surface area contributed by atoms with Crippen LogP contribution in [-0.4, -0.2) is 20.0 Å². The topological polar surface area (TPSA) is 63.6 Å². The maximum absolute atomic E-state index is 12.3. The van der Waals surface area contributed by atoms with E-state index in [9.17, 15) is 4.79 Å². The molecule has 1 N–H and O–H groups in total. The number of nitrogens with one attached hydrogen (secondary N) is 1. The molecule has 0 aliphatic rings.